The average Bonchev–Trinajstić information content (AvgIpc) is 2.60. The summed E-state index contributed by atoms with van der Waals surface area (Å²) in [5, 5.41) is 0.163. The normalized spacial score (nSPS) is 15.9. The van der Waals surface area contributed by atoms with Crippen LogP contribution in [0.15, 0.2) is 30.3 Å². The molecule has 1 rings (SSSR count). The molecule has 28 heavy (non-hydrogen) atoms. The Hall–Kier alpha value is -0.973. The maximum atomic E-state index is 12.2. The Balaban J connectivity index is 2.67. The first-order chi connectivity index (χ1) is 13.0. The molecule has 0 fully saturated rings. The van der Waals surface area contributed by atoms with Crippen LogP contribution in [0.3, 0.4) is 0 Å². The quantitative estimate of drug-likeness (QED) is 0.366. The van der Waals surface area contributed by atoms with Gasteiger partial charge in [-0.1, -0.05) is 71.9 Å². The second kappa shape index (κ2) is 11.3. The lowest BCUT2D eigenvalue weighted by molar-refractivity contribution is -0.123. The van der Waals surface area contributed by atoms with Crippen molar-refractivity contribution >= 4 is 14.1 Å². The molecule has 1 aromatic carbocycles. The van der Waals surface area contributed by atoms with Crippen LogP contribution in [0.1, 0.15) is 66.4 Å². The summed E-state index contributed by atoms with van der Waals surface area (Å²) in [7, 11) is -1.88. The minimum absolute atomic E-state index is 0.0530. The van der Waals surface area contributed by atoms with Gasteiger partial charge in [-0.2, -0.15) is 0 Å². The molecule has 1 aromatic rings. The highest BCUT2D eigenvalue weighted by atomic mass is 28.4. The van der Waals surface area contributed by atoms with Gasteiger partial charge in [0.15, 0.2) is 8.32 Å². The van der Waals surface area contributed by atoms with Gasteiger partial charge in [0.2, 0.25) is 0 Å². The number of Topliss-reactive ketones (excluding diaryl/α,β-unsaturated/α-hetero) is 1. The maximum Gasteiger partial charge on any atom is 0.192 e. The van der Waals surface area contributed by atoms with Gasteiger partial charge in [0.1, 0.15) is 5.78 Å². The van der Waals surface area contributed by atoms with Gasteiger partial charge in [0, 0.05) is 25.0 Å². The van der Waals surface area contributed by atoms with E-state index in [-0.39, 0.29) is 17.1 Å². The molecule has 0 amide bonds. The van der Waals surface area contributed by atoms with E-state index in [1.807, 2.05) is 32.0 Å². The summed E-state index contributed by atoms with van der Waals surface area (Å²) in [6.45, 7) is 19.0. The first kappa shape index (κ1) is 25.1. The van der Waals surface area contributed by atoms with Crippen LogP contribution in [-0.2, 0) is 20.6 Å². The largest absolute Gasteiger partial charge is 0.414 e. The van der Waals surface area contributed by atoms with Gasteiger partial charge in [-0.15, -0.1) is 0 Å². The number of ether oxygens (including phenoxy) is 1. The number of ketones is 1. The third kappa shape index (κ3) is 8.58. The average molecular weight is 407 g/mol. The van der Waals surface area contributed by atoms with Crippen LogP contribution in [0.2, 0.25) is 18.1 Å². The summed E-state index contributed by atoms with van der Waals surface area (Å²) in [6.07, 6.45) is 2.45. The number of hydrogen-bond acceptors (Lipinski definition) is 3. The molecule has 160 valence electrons. The van der Waals surface area contributed by atoms with Crippen molar-refractivity contribution in [3.8, 4) is 0 Å². The van der Waals surface area contributed by atoms with E-state index in [1.54, 1.807) is 0 Å². The Morgan fingerprint density at radius 1 is 1.07 bits per heavy atom. The fourth-order valence-electron chi connectivity index (χ4n) is 3.13. The van der Waals surface area contributed by atoms with E-state index in [1.165, 1.54) is 5.56 Å². The van der Waals surface area contributed by atoms with Gasteiger partial charge < -0.3 is 9.16 Å². The van der Waals surface area contributed by atoms with E-state index >= 15 is 0 Å². The van der Waals surface area contributed by atoms with Crippen molar-refractivity contribution in [1.29, 1.82) is 0 Å². The molecule has 0 aliphatic rings. The molecule has 0 aliphatic heterocycles. The number of benzene rings is 1. The number of hydrogen-bond donors (Lipinski definition) is 0. The lowest BCUT2D eigenvalue weighted by Crippen LogP contribution is -2.45. The molecule has 0 aromatic heterocycles. The van der Waals surface area contributed by atoms with Crippen molar-refractivity contribution in [2.45, 2.75) is 91.6 Å². The minimum Gasteiger partial charge on any atom is -0.414 e. The van der Waals surface area contributed by atoms with E-state index in [0.29, 0.717) is 31.3 Å². The van der Waals surface area contributed by atoms with E-state index in [9.17, 15) is 4.79 Å². The highest BCUT2D eigenvalue weighted by Crippen LogP contribution is 2.38. The predicted molar refractivity (Wildman–Crippen MR) is 121 cm³/mol. The van der Waals surface area contributed by atoms with Crippen LogP contribution in [0.25, 0.3) is 0 Å². The van der Waals surface area contributed by atoms with Crippen molar-refractivity contribution in [3.63, 3.8) is 0 Å². The molecular formula is C24H42O3Si. The topological polar surface area (TPSA) is 35.5 Å². The number of carbonyl (C=O) groups excluding carboxylic acids is 1. The molecule has 4 heteroatoms. The second-order valence-corrected chi connectivity index (χ2v) is 14.6. The number of rotatable bonds is 12. The fourth-order valence-corrected chi connectivity index (χ4v) is 4.51. The molecule has 3 nitrogen and oxygen atoms in total. The van der Waals surface area contributed by atoms with Crippen molar-refractivity contribution in [2.75, 3.05) is 6.61 Å². The molecule has 0 aliphatic carbocycles. The van der Waals surface area contributed by atoms with Gasteiger partial charge in [0.05, 0.1) is 6.61 Å². The Bertz CT molecular complexity index is 577. The highest BCUT2D eigenvalue weighted by molar-refractivity contribution is 6.74. The second-order valence-electron chi connectivity index (χ2n) is 9.80. The van der Waals surface area contributed by atoms with Crippen LogP contribution < -0.4 is 0 Å². The molecule has 0 bridgehead atoms. The monoisotopic (exact) mass is 406 g/mol. The Labute approximate surface area is 174 Å². The SMILES string of the molecule is CCC(=O)[C@H](C)C[C@@H](C[C@@H](C)COCc1ccccc1)O[Si](C)(C)C(C)(C)C. The first-order valence-corrected chi connectivity index (χ1v) is 13.7. The predicted octanol–water partition coefficient (Wildman–Crippen LogP) is 6.63. The van der Waals surface area contributed by atoms with Gasteiger partial charge in [-0.25, -0.2) is 0 Å². The van der Waals surface area contributed by atoms with E-state index < -0.39 is 8.32 Å². The third-order valence-electron chi connectivity index (χ3n) is 5.96. The van der Waals surface area contributed by atoms with Crippen molar-refractivity contribution in [2.24, 2.45) is 11.8 Å². The Kier molecular flexibility index (Phi) is 10.1. The molecule has 3 atom stereocenters. The summed E-state index contributed by atoms with van der Waals surface area (Å²) in [6, 6.07) is 10.3. The molecule has 0 unspecified atom stereocenters. The molecule has 0 saturated carbocycles. The zero-order valence-corrected chi connectivity index (χ0v) is 20.4. The van der Waals surface area contributed by atoms with Gasteiger partial charge in [0.25, 0.3) is 0 Å². The summed E-state index contributed by atoms with van der Waals surface area (Å²) in [4.78, 5) is 12.2. The fraction of sp³-hybridized carbons (Fsp3) is 0.708. The number of carbonyl (C=O) groups is 1. The molecule has 0 heterocycles. The summed E-state index contributed by atoms with van der Waals surface area (Å²) in [5.74, 6) is 0.774. The van der Waals surface area contributed by atoms with Crippen LogP contribution >= 0.6 is 0 Å². The van der Waals surface area contributed by atoms with E-state index in [4.69, 9.17) is 9.16 Å². The zero-order valence-electron chi connectivity index (χ0n) is 19.4. The highest BCUT2D eigenvalue weighted by Gasteiger charge is 2.39. The molecule has 0 N–H and O–H groups in total. The Morgan fingerprint density at radius 2 is 1.68 bits per heavy atom. The molecular weight excluding hydrogens is 364 g/mol. The first-order valence-electron chi connectivity index (χ1n) is 10.8. The lowest BCUT2D eigenvalue weighted by Gasteiger charge is -2.40. The summed E-state index contributed by atoms with van der Waals surface area (Å²) >= 11 is 0. The van der Waals surface area contributed by atoms with Gasteiger partial charge in [-0.05, 0) is 42.5 Å². The van der Waals surface area contributed by atoms with Crippen molar-refractivity contribution in [3.05, 3.63) is 35.9 Å². The Morgan fingerprint density at radius 3 is 2.21 bits per heavy atom. The van der Waals surface area contributed by atoms with E-state index in [0.717, 1.165) is 12.8 Å². The van der Waals surface area contributed by atoms with Crippen molar-refractivity contribution < 1.29 is 14.0 Å². The van der Waals surface area contributed by atoms with Crippen LogP contribution in [0.5, 0.6) is 0 Å². The molecule has 0 saturated heterocycles. The summed E-state index contributed by atoms with van der Waals surface area (Å²) in [5.41, 5.74) is 1.20. The third-order valence-corrected chi connectivity index (χ3v) is 10.5. The van der Waals surface area contributed by atoms with Crippen LogP contribution in [-0.4, -0.2) is 26.8 Å². The van der Waals surface area contributed by atoms with Crippen molar-refractivity contribution in [1.82, 2.24) is 0 Å². The van der Waals surface area contributed by atoms with Crippen LogP contribution in [0, 0.1) is 11.8 Å². The zero-order chi connectivity index (χ0) is 21.4. The smallest absolute Gasteiger partial charge is 0.192 e. The summed E-state index contributed by atoms with van der Waals surface area (Å²) < 4.78 is 12.7. The lowest BCUT2D eigenvalue weighted by atomic mass is 9.93. The van der Waals surface area contributed by atoms with Gasteiger partial charge in [-0.3, -0.25) is 4.79 Å². The van der Waals surface area contributed by atoms with E-state index in [2.05, 4.69) is 52.9 Å². The van der Waals surface area contributed by atoms with Gasteiger partial charge >= 0.3 is 0 Å². The molecule has 0 radical (unpaired) electrons. The molecule has 0 spiro atoms. The maximum absolute atomic E-state index is 12.2. The van der Waals surface area contributed by atoms with Crippen LogP contribution in [0.4, 0.5) is 0 Å². The minimum atomic E-state index is -1.88. The standard InChI is InChI=1S/C24H42O3Si/c1-9-23(25)20(3)16-22(27-28(7,8)24(4,5)6)15-19(2)17-26-18-21-13-11-10-12-14-21/h10-14,19-20,22H,9,15-18H2,1-8H3/t19-,20-,22-/m1/s1.